The summed E-state index contributed by atoms with van der Waals surface area (Å²) in [7, 11) is 0. The molecule has 2 nitrogen and oxygen atoms in total. The number of aliphatic hydroxyl groups is 1. The Hall–Kier alpha value is -0.0600. The molecule has 0 saturated carbocycles. The van der Waals surface area contributed by atoms with Crippen molar-refractivity contribution in [1.82, 2.24) is 4.37 Å². The molecule has 2 atom stereocenters. The predicted octanol–water partition coefficient (Wildman–Crippen LogP) is 1.80. The van der Waals surface area contributed by atoms with E-state index in [9.17, 15) is 5.11 Å². The van der Waals surface area contributed by atoms with Gasteiger partial charge in [-0.15, -0.1) is 0 Å². The second-order valence-electron chi connectivity index (χ2n) is 3.68. The lowest BCUT2D eigenvalue weighted by molar-refractivity contribution is 0.0286. The van der Waals surface area contributed by atoms with Gasteiger partial charge in [-0.3, -0.25) is 0 Å². The maximum absolute atomic E-state index is 10.3. The van der Waals surface area contributed by atoms with Crippen LogP contribution in [0.2, 0.25) is 0 Å². The Morgan fingerprint density at radius 3 is 3.15 bits per heavy atom. The Balaban J connectivity index is 2.08. The zero-order valence-electron chi connectivity index (χ0n) is 7.56. The molecule has 72 valence electrons. The first-order chi connectivity index (χ1) is 6.21. The van der Waals surface area contributed by atoms with Gasteiger partial charge >= 0.3 is 0 Å². The molecule has 2 rings (SSSR count). The Morgan fingerprint density at radius 2 is 2.62 bits per heavy atom. The van der Waals surface area contributed by atoms with E-state index >= 15 is 0 Å². The third-order valence-corrected chi connectivity index (χ3v) is 4.79. The normalized spacial score (nSPS) is 33.8. The van der Waals surface area contributed by atoms with Crippen LogP contribution in [0.5, 0.6) is 0 Å². The standard InChI is InChI=1S/C9H13NOS2/c1-7-5-12-6-9(7,11)4-8-2-3-10-13-8/h2-3,7,11H,4-6H2,1H3. The van der Waals surface area contributed by atoms with Crippen LogP contribution in [0.25, 0.3) is 0 Å². The molecule has 0 radical (unpaired) electrons. The molecule has 0 bridgehead atoms. The van der Waals surface area contributed by atoms with E-state index in [1.165, 1.54) is 16.4 Å². The second kappa shape index (κ2) is 3.59. The summed E-state index contributed by atoms with van der Waals surface area (Å²) in [5, 5.41) is 10.3. The van der Waals surface area contributed by atoms with Crippen molar-refractivity contribution < 1.29 is 5.11 Å². The molecular formula is C9H13NOS2. The molecule has 0 amide bonds. The number of thioether (sulfide) groups is 1. The topological polar surface area (TPSA) is 33.1 Å². The van der Waals surface area contributed by atoms with Gasteiger partial charge in [0.15, 0.2) is 0 Å². The first-order valence-electron chi connectivity index (χ1n) is 4.40. The summed E-state index contributed by atoms with van der Waals surface area (Å²) in [6, 6.07) is 2.00. The highest BCUT2D eigenvalue weighted by atomic mass is 32.2. The smallest absolute Gasteiger partial charge is 0.0819 e. The number of hydrogen-bond donors (Lipinski definition) is 1. The van der Waals surface area contributed by atoms with Gasteiger partial charge in [-0.25, -0.2) is 4.37 Å². The summed E-state index contributed by atoms with van der Waals surface area (Å²) in [6.07, 6.45) is 2.57. The molecule has 0 spiro atoms. The summed E-state index contributed by atoms with van der Waals surface area (Å²) in [5.41, 5.74) is -0.489. The molecule has 1 saturated heterocycles. The maximum atomic E-state index is 10.3. The lowest BCUT2D eigenvalue weighted by Crippen LogP contribution is -2.37. The van der Waals surface area contributed by atoms with Gasteiger partial charge in [-0.2, -0.15) is 11.8 Å². The van der Waals surface area contributed by atoms with Crippen LogP contribution in [0.15, 0.2) is 12.3 Å². The summed E-state index contributed by atoms with van der Waals surface area (Å²) in [6.45, 7) is 2.13. The summed E-state index contributed by atoms with van der Waals surface area (Å²) >= 11 is 3.34. The largest absolute Gasteiger partial charge is 0.388 e. The lowest BCUT2D eigenvalue weighted by atomic mass is 9.89. The lowest BCUT2D eigenvalue weighted by Gasteiger charge is -2.25. The van der Waals surface area contributed by atoms with Gasteiger partial charge < -0.3 is 5.11 Å². The van der Waals surface area contributed by atoms with Crippen LogP contribution in [0, 0.1) is 5.92 Å². The van der Waals surface area contributed by atoms with E-state index in [0.717, 1.165) is 17.9 Å². The molecule has 1 fully saturated rings. The van der Waals surface area contributed by atoms with Crippen molar-refractivity contribution in [2.24, 2.45) is 5.92 Å². The maximum Gasteiger partial charge on any atom is 0.0819 e. The molecule has 0 aliphatic carbocycles. The number of nitrogens with zero attached hydrogens (tertiary/aromatic N) is 1. The van der Waals surface area contributed by atoms with Crippen molar-refractivity contribution in [2.45, 2.75) is 18.9 Å². The van der Waals surface area contributed by atoms with Crippen LogP contribution in [0.1, 0.15) is 11.8 Å². The zero-order valence-corrected chi connectivity index (χ0v) is 9.20. The monoisotopic (exact) mass is 215 g/mol. The average molecular weight is 215 g/mol. The van der Waals surface area contributed by atoms with Crippen LogP contribution < -0.4 is 0 Å². The Kier molecular flexibility index (Phi) is 2.62. The van der Waals surface area contributed by atoms with E-state index in [4.69, 9.17) is 0 Å². The van der Waals surface area contributed by atoms with E-state index in [-0.39, 0.29) is 0 Å². The van der Waals surface area contributed by atoms with Gasteiger partial charge in [-0.05, 0) is 29.3 Å². The zero-order chi connectivity index (χ0) is 9.31. The van der Waals surface area contributed by atoms with E-state index in [2.05, 4.69) is 11.3 Å². The molecule has 13 heavy (non-hydrogen) atoms. The molecule has 2 unspecified atom stereocenters. The van der Waals surface area contributed by atoms with Gasteiger partial charge in [0.1, 0.15) is 0 Å². The third-order valence-electron chi connectivity index (χ3n) is 2.61. The molecule has 1 aromatic rings. The fourth-order valence-electron chi connectivity index (χ4n) is 1.57. The van der Waals surface area contributed by atoms with Crippen LogP contribution in [0.4, 0.5) is 0 Å². The Labute approximate surface area is 86.5 Å². The third kappa shape index (κ3) is 1.90. The summed E-state index contributed by atoms with van der Waals surface area (Å²) in [5.74, 6) is 2.35. The molecule has 2 heterocycles. The molecule has 1 N–H and O–H groups in total. The minimum Gasteiger partial charge on any atom is -0.388 e. The average Bonchev–Trinajstić information content (AvgIpc) is 2.65. The Bertz CT molecular complexity index is 275. The number of aromatic nitrogens is 1. The minimum absolute atomic E-state index is 0.402. The van der Waals surface area contributed by atoms with Gasteiger partial charge in [0, 0.05) is 23.2 Å². The van der Waals surface area contributed by atoms with Crippen LogP contribution in [-0.2, 0) is 6.42 Å². The predicted molar refractivity (Wildman–Crippen MR) is 57.3 cm³/mol. The van der Waals surface area contributed by atoms with E-state index < -0.39 is 5.60 Å². The van der Waals surface area contributed by atoms with Gasteiger partial charge in [-0.1, -0.05) is 6.92 Å². The molecule has 1 aliphatic heterocycles. The molecule has 1 aromatic heterocycles. The fourth-order valence-corrected chi connectivity index (χ4v) is 3.79. The van der Waals surface area contributed by atoms with Crippen molar-refractivity contribution in [3.63, 3.8) is 0 Å². The van der Waals surface area contributed by atoms with Crippen LogP contribution >= 0.6 is 23.3 Å². The van der Waals surface area contributed by atoms with Gasteiger partial charge in [0.25, 0.3) is 0 Å². The highest BCUT2D eigenvalue weighted by Crippen LogP contribution is 2.36. The number of rotatable bonds is 2. The van der Waals surface area contributed by atoms with Crippen molar-refractivity contribution in [3.05, 3.63) is 17.1 Å². The molecule has 4 heteroatoms. The van der Waals surface area contributed by atoms with Crippen molar-refractivity contribution in [1.29, 1.82) is 0 Å². The van der Waals surface area contributed by atoms with Crippen molar-refractivity contribution in [2.75, 3.05) is 11.5 Å². The second-order valence-corrected chi connectivity index (χ2v) is 5.62. The van der Waals surface area contributed by atoms with Gasteiger partial charge in [0.05, 0.1) is 5.60 Å². The number of hydrogen-bond acceptors (Lipinski definition) is 4. The minimum atomic E-state index is -0.489. The highest BCUT2D eigenvalue weighted by molar-refractivity contribution is 7.99. The van der Waals surface area contributed by atoms with Crippen molar-refractivity contribution >= 4 is 23.3 Å². The summed E-state index contributed by atoms with van der Waals surface area (Å²) in [4.78, 5) is 1.19. The fraction of sp³-hybridized carbons (Fsp3) is 0.667. The van der Waals surface area contributed by atoms with E-state index in [1.54, 1.807) is 6.20 Å². The quantitative estimate of drug-likeness (QED) is 0.816. The van der Waals surface area contributed by atoms with Gasteiger partial charge in [0.2, 0.25) is 0 Å². The van der Waals surface area contributed by atoms with E-state index in [1.807, 2.05) is 17.8 Å². The van der Waals surface area contributed by atoms with Crippen molar-refractivity contribution in [3.8, 4) is 0 Å². The molecule has 1 aliphatic rings. The molecular weight excluding hydrogens is 202 g/mol. The SMILES string of the molecule is CC1CSCC1(O)Cc1ccns1. The first-order valence-corrected chi connectivity index (χ1v) is 6.33. The van der Waals surface area contributed by atoms with Crippen LogP contribution in [-0.4, -0.2) is 26.6 Å². The van der Waals surface area contributed by atoms with E-state index in [0.29, 0.717) is 5.92 Å². The highest BCUT2D eigenvalue weighted by Gasteiger charge is 2.39. The Morgan fingerprint density at radius 1 is 1.77 bits per heavy atom. The van der Waals surface area contributed by atoms with Crippen LogP contribution in [0.3, 0.4) is 0 Å². The summed E-state index contributed by atoms with van der Waals surface area (Å²) < 4.78 is 4.04. The first kappa shape index (κ1) is 9.49. The molecule has 0 aromatic carbocycles.